The number of rotatable bonds is 7. The topological polar surface area (TPSA) is 34.1 Å². The van der Waals surface area contributed by atoms with Gasteiger partial charge in [-0.1, -0.05) is 36.2 Å². The first kappa shape index (κ1) is 13.4. The minimum atomic E-state index is -2.74. The van der Waals surface area contributed by atoms with Crippen molar-refractivity contribution < 1.29 is 8.42 Å². The first-order valence-electron chi connectivity index (χ1n) is 4.82. The minimum Gasteiger partial charge on any atom is -0.229 e. The lowest BCUT2D eigenvalue weighted by atomic mass is 10.2. The average Bonchev–Trinajstić information content (AvgIpc) is 1.98. The van der Waals surface area contributed by atoms with Gasteiger partial charge in [0.1, 0.15) is 9.84 Å². The Morgan fingerprint density at radius 3 is 2.31 bits per heavy atom. The molecule has 0 aromatic carbocycles. The fourth-order valence-corrected chi connectivity index (χ4v) is 2.95. The van der Waals surface area contributed by atoms with E-state index in [1.165, 1.54) is 0 Å². The van der Waals surface area contributed by atoms with E-state index in [0.29, 0.717) is 16.3 Å². The van der Waals surface area contributed by atoms with E-state index in [1.54, 1.807) is 0 Å². The van der Waals surface area contributed by atoms with Gasteiger partial charge in [-0.3, -0.25) is 0 Å². The molecule has 0 saturated carbocycles. The van der Waals surface area contributed by atoms with Crippen LogP contribution in [-0.2, 0) is 9.84 Å². The molecule has 0 heterocycles. The van der Waals surface area contributed by atoms with Crippen molar-refractivity contribution in [3.8, 4) is 0 Å². The van der Waals surface area contributed by atoms with E-state index in [4.69, 9.17) is 0 Å². The molecular formula is C9H19BrO2S. The Kier molecular flexibility index (Phi) is 7.05. The summed E-state index contributed by atoms with van der Waals surface area (Å²) in [5.41, 5.74) is 0. The second-order valence-electron chi connectivity index (χ2n) is 3.43. The van der Waals surface area contributed by atoms with Crippen molar-refractivity contribution in [3.63, 3.8) is 0 Å². The molecular weight excluding hydrogens is 252 g/mol. The van der Waals surface area contributed by atoms with Gasteiger partial charge >= 0.3 is 0 Å². The number of halogens is 1. The molecule has 0 aromatic rings. The summed E-state index contributed by atoms with van der Waals surface area (Å²) < 4.78 is 22.5. The van der Waals surface area contributed by atoms with Gasteiger partial charge in [-0.05, 0) is 19.3 Å². The van der Waals surface area contributed by atoms with Crippen molar-refractivity contribution >= 4 is 25.8 Å². The minimum absolute atomic E-state index is 0.344. The van der Waals surface area contributed by atoms with Gasteiger partial charge in [0.2, 0.25) is 0 Å². The number of hydrogen-bond acceptors (Lipinski definition) is 2. The second kappa shape index (κ2) is 6.82. The molecule has 1 atom stereocenters. The lowest BCUT2D eigenvalue weighted by molar-refractivity contribution is 0.588. The zero-order valence-electron chi connectivity index (χ0n) is 8.42. The van der Waals surface area contributed by atoms with Gasteiger partial charge in [0, 0.05) is 10.6 Å². The Morgan fingerprint density at radius 1 is 1.23 bits per heavy atom. The van der Waals surface area contributed by atoms with Gasteiger partial charge in [0.15, 0.2) is 0 Å². The molecule has 0 fully saturated rings. The fourth-order valence-electron chi connectivity index (χ4n) is 1.16. The highest BCUT2D eigenvalue weighted by molar-refractivity contribution is 9.09. The highest BCUT2D eigenvalue weighted by Crippen LogP contribution is 2.09. The SMILES string of the molecule is CCCS(=O)(=O)CCCCC(C)Br. The molecule has 0 bridgehead atoms. The standard InChI is InChI=1S/C9H19BrO2S/c1-3-7-13(11,12)8-5-4-6-9(2)10/h9H,3-8H2,1-2H3. The monoisotopic (exact) mass is 270 g/mol. The summed E-state index contributed by atoms with van der Waals surface area (Å²) in [6.45, 7) is 3.98. The third kappa shape index (κ3) is 8.75. The fraction of sp³-hybridized carbons (Fsp3) is 1.00. The lowest BCUT2D eigenvalue weighted by Crippen LogP contribution is -2.10. The Hall–Kier alpha value is 0.430. The maximum absolute atomic E-state index is 11.3. The summed E-state index contributed by atoms with van der Waals surface area (Å²) in [7, 11) is -2.74. The van der Waals surface area contributed by atoms with Gasteiger partial charge in [-0.2, -0.15) is 0 Å². The van der Waals surface area contributed by atoms with E-state index in [1.807, 2.05) is 6.92 Å². The average molecular weight is 271 g/mol. The van der Waals surface area contributed by atoms with Crippen LogP contribution in [0.4, 0.5) is 0 Å². The van der Waals surface area contributed by atoms with Crippen LogP contribution in [0.15, 0.2) is 0 Å². The summed E-state index contributed by atoms with van der Waals surface area (Å²) in [5.74, 6) is 0.706. The van der Waals surface area contributed by atoms with Crippen LogP contribution in [-0.4, -0.2) is 24.8 Å². The number of sulfone groups is 1. The van der Waals surface area contributed by atoms with Crippen LogP contribution in [0.5, 0.6) is 0 Å². The van der Waals surface area contributed by atoms with Gasteiger partial charge in [-0.25, -0.2) is 8.42 Å². The third-order valence-electron chi connectivity index (χ3n) is 1.82. The number of unbranched alkanes of at least 4 members (excludes halogenated alkanes) is 1. The first-order chi connectivity index (χ1) is 5.98. The van der Waals surface area contributed by atoms with Crippen LogP contribution >= 0.6 is 15.9 Å². The number of hydrogen-bond donors (Lipinski definition) is 0. The quantitative estimate of drug-likeness (QED) is 0.527. The van der Waals surface area contributed by atoms with Crippen molar-refractivity contribution in [2.24, 2.45) is 0 Å². The van der Waals surface area contributed by atoms with Crippen molar-refractivity contribution in [3.05, 3.63) is 0 Å². The normalized spacial score (nSPS) is 14.4. The van der Waals surface area contributed by atoms with Gasteiger partial charge in [0.25, 0.3) is 0 Å². The largest absolute Gasteiger partial charge is 0.229 e. The summed E-state index contributed by atoms with van der Waals surface area (Å²) in [6, 6.07) is 0. The van der Waals surface area contributed by atoms with Crippen LogP contribution in [0, 0.1) is 0 Å². The van der Waals surface area contributed by atoms with Crippen LogP contribution in [0.1, 0.15) is 39.5 Å². The van der Waals surface area contributed by atoms with Gasteiger partial charge in [-0.15, -0.1) is 0 Å². The zero-order chi connectivity index (χ0) is 10.3. The summed E-state index contributed by atoms with van der Waals surface area (Å²) >= 11 is 3.44. The van der Waals surface area contributed by atoms with Crippen molar-refractivity contribution in [2.45, 2.75) is 44.4 Å². The molecule has 2 nitrogen and oxygen atoms in total. The molecule has 0 spiro atoms. The van der Waals surface area contributed by atoms with E-state index in [-0.39, 0.29) is 0 Å². The molecule has 13 heavy (non-hydrogen) atoms. The molecule has 0 saturated heterocycles. The molecule has 1 unspecified atom stereocenters. The van der Waals surface area contributed by atoms with E-state index < -0.39 is 9.84 Å². The molecule has 4 heteroatoms. The molecule has 0 aliphatic heterocycles. The Morgan fingerprint density at radius 2 is 1.85 bits per heavy atom. The highest BCUT2D eigenvalue weighted by atomic mass is 79.9. The van der Waals surface area contributed by atoms with E-state index in [0.717, 1.165) is 25.7 Å². The van der Waals surface area contributed by atoms with E-state index >= 15 is 0 Å². The maximum Gasteiger partial charge on any atom is 0.150 e. The van der Waals surface area contributed by atoms with Crippen molar-refractivity contribution in [1.82, 2.24) is 0 Å². The molecule has 80 valence electrons. The Balaban J connectivity index is 3.53. The Bertz CT molecular complexity index is 210. The van der Waals surface area contributed by atoms with Crippen molar-refractivity contribution in [2.75, 3.05) is 11.5 Å². The first-order valence-corrected chi connectivity index (χ1v) is 7.56. The molecule has 0 aliphatic rings. The molecule has 0 N–H and O–H groups in total. The van der Waals surface area contributed by atoms with Crippen LogP contribution in [0.2, 0.25) is 0 Å². The summed E-state index contributed by atoms with van der Waals surface area (Å²) in [6.07, 6.45) is 3.59. The zero-order valence-corrected chi connectivity index (χ0v) is 10.8. The summed E-state index contributed by atoms with van der Waals surface area (Å²) in [4.78, 5) is 0.501. The van der Waals surface area contributed by atoms with Crippen LogP contribution in [0.3, 0.4) is 0 Å². The summed E-state index contributed by atoms with van der Waals surface area (Å²) in [5, 5.41) is 0. The number of alkyl halides is 1. The van der Waals surface area contributed by atoms with Gasteiger partial charge < -0.3 is 0 Å². The van der Waals surface area contributed by atoms with Crippen molar-refractivity contribution in [1.29, 1.82) is 0 Å². The smallest absolute Gasteiger partial charge is 0.150 e. The van der Waals surface area contributed by atoms with Crippen LogP contribution < -0.4 is 0 Å². The maximum atomic E-state index is 11.3. The molecule has 0 aliphatic carbocycles. The second-order valence-corrected chi connectivity index (χ2v) is 7.30. The molecule has 0 radical (unpaired) electrons. The molecule has 0 rings (SSSR count). The van der Waals surface area contributed by atoms with Gasteiger partial charge in [0.05, 0.1) is 5.75 Å². The van der Waals surface area contributed by atoms with Crippen LogP contribution in [0.25, 0.3) is 0 Å². The lowest BCUT2D eigenvalue weighted by Gasteiger charge is -2.03. The predicted molar refractivity (Wildman–Crippen MR) is 61.2 cm³/mol. The van der Waals surface area contributed by atoms with E-state index in [2.05, 4.69) is 22.9 Å². The predicted octanol–water partition coefficient (Wildman–Crippen LogP) is 2.76. The molecule has 0 amide bonds. The molecule has 0 aromatic heterocycles. The Labute approximate surface area is 90.2 Å². The third-order valence-corrected chi connectivity index (χ3v) is 4.22. The van der Waals surface area contributed by atoms with E-state index in [9.17, 15) is 8.42 Å². The highest BCUT2D eigenvalue weighted by Gasteiger charge is 2.08.